The first-order valence-corrected chi connectivity index (χ1v) is 9.96. The second-order valence-corrected chi connectivity index (χ2v) is 8.41. The average molecular weight is 332 g/mol. The van der Waals surface area contributed by atoms with Crippen LogP contribution in [0, 0.1) is 0 Å². The van der Waals surface area contributed by atoms with Crippen molar-refractivity contribution in [3.63, 3.8) is 0 Å². The maximum atomic E-state index is 10.3. The molecule has 0 unspecified atom stereocenters. The molecule has 2 rings (SSSR count). The van der Waals surface area contributed by atoms with Crippen LogP contribution >= 0.6 is 0 Å². The third-order valence-electron chi connectivity index (χ3n) is 6.04. The van der Waals surface area contributed by atoms with Crippen LogP contribution in [-0.4, -0.2) is 16.2 Å². The summed E-state index contributed by atoms with van der Waals surface area (Å²) in [5, 5.41) is 10.3. The summed E-state index contributed by atoms with van der Waals surface area (Å²) in [5.74, 6) is 0.490. The zero-order valence-corrected chi connectivity index (χ0v) is 16.0. The molecule has 1 aliphatic carbocycles. The van der Waals surface area contributed by atoms with Gasteiger partial charge in [-0.2, -0.15) is 0 Å². The van der Waals surface area contributed by atoms with E-state index in [1.54, 1.807) is 0 Å². The Morgan fingerprint density at radius 3 is 2.29 bits per heavy atom. The van der Waals surface area contributed by atoms with Crippen molar-refractivity contribution in [2.45, 2.75) is 102 Å². The lowest BCUT2D eigenvalue weighted by Crippen LogP contribution is -2.55. The zero-order valence-electron chi connectivity index (χ0n) is 16.0. The van der Waals surface area contributed by atoms with Crippen molar-refractivity contribution in [1.82, 2.24) is 0 Å². The van der Waals surface area contributed by atoms with Crippen LogP contribution in [0.5, 0.6) is 0 Å². The third-order valence-corrected chi connectivity index (χ3v) is 6.04. The van der Waals surface area contributed by atoms with Crippen molar-refractivity contribution in [3.05, 3.63) is 35.4 Å². The number of unbranched alkanes of at least 4 members (excludes halogenated alkanes) is 5. The Morgan fingerprint density at radius 1 is 1.08 bits per heavy atom. The molecule has 0 aliphatic heterocycles. The van der Waals surface area contributed by atoms with Gasteiger partial charge < -0.3 is 10.8 Å². The molecule has 0 bridgehead atoms. The second-order valence-electron chi connectivity index (χ2n) is 8.41. The van der Waals surface area contributed by atoms with Gasteiger partial charge in [0.15, 0.2) is 0 Å². The van der Waals surface area contributed by atoms with E-state index in [-0.39, 0.29) is 0 Å². The normalized spacial score (nSPS) is 24.5. The van der Waals surface area contributed by atoms with Crippen LogP contribution in [0.25, 0.3) is 0 Å². The highest BCUT2D eigenvalue weighted by atomic mass is 16.3. The molecule has 0 radical (unpaired) electrons. The Morgan fingerprint density at radius 2 is 1.71 bits per heavy atom. The van der Waals surface area contributed by atoms with E-state index < -0.39 is 11.1 Å². The Labute approximate surface area is 148 Å². The van der Waals surface area contributed by atoms with E-state index in [0.717, 1.165) is 19.3 Å². The second kappa shape index (κ2) is 8.49. The molecule has 1 aromatic carbocycles. The van der Waals surface area contributed by atoms with Gasteiger partial charge in [-0.25, -0.2) is 0 Å². The quantitative estimate of drug-likeness (QED) is 0.601. The van der Waals surface area contributed by atoms with Gasteiger partial charge in [0.25, 0.3) is 0 Å². The van der Waals surface area contributed by atoms with Gasteiger partial charge >= 0.3 is 0 Å². The monoisotopic (exact) mass is 331 g/mol. The van der Waals surface area contributed by atoms with Crippen molar-refractivity contribution in [2.24, 2.45) is 5.73 Å². The smallest absolute Gasteiger partial charge is 0.0770 e. The van der Waals surface area contributed by atoms with E-state index in [4.69, 9.17) is 5.73 Å². The summed E-state index contributed by atoms with van der Waals surface area (Å²) in [7, 11) is 0. The molecule has 2 nitrogen and oxygen atoms in total. The molecule has 1 saturated carbocycles. The molecule has 3 N–H and O–H groups in total. The van der Waals surface area contributed by atoms with Crippen molar-refractivity contribution < 1.29 is 5.11 Å². The van der Waals surface area contributed by atoms with Gasteiger partial charge in [0, 0.05) is 5.54 Å². The molecular weight excluding hydrogens is 294 g/mol. The molecule has 136 valence electrons. The van der Waals surface area contributed by atoms with E-state index in [2.05, 4.69) is 31.2 Å². The molecule has 0 amide bonds. The summed E-state index contributed by atoms with van der Waals surface area (Å²) >= 11 is 0. The lowest BCUT2D eigenvalue weighted by atomic mass is 9.80. The molecule has 0 spiro atoms. The summed E-state index contributed by atoms with van der Waals surface area (Å²) in [4.78, 5) is 0. The first kappa shape index (κ1) is 19.5. The van der Waals surface area contributed by atoms with Gasteiger partial charge in [-0.15, -0.1) is 0 Å². The van der Waals surface area contributed by atoms with E-state index in [1.807, 2.05) is 13.8 Å². The fourth-order valence-corrected chi connectivity index (χ4v) is 3.98. The van der Waals surface area contributed by atoms with Gasteiger partial charge in [0.2, 0.25) is 0 Å². The van der Waals surface area contributed by atoms with Crippen molar-refractivity contribution in [2.75, 3.05) is 0 Å². The number of aliphatic hydroxyl groups is 1. The topological polar surface area (TPSA) is 46.2 Å². The minimum atomic E-state index is -0.806. The number of rotatable bonds is 9. The van der Waals surface area contributed by atoms with Crippen LogP contribution in [0.1, 0.15) is 95.6 Å². The molecule has 0 aromatic heterocycles. The van der Waals surface area contributed by atoms with Gasteiger partial charge in [0.1, 0.15) is 0 Å². The molecule has 0 saturated heterocycles. The van der Waals surface area contributed by atoms with Crippen molar-refractivity contribution >= 4 is 0 Å². The summed E-state index contributed by atoms with van der Waals surface area (Å²) in [6, 6.07) is 9.16. The first-order valence-electron chi connectivity index (χ1n) is 9.96. The standard InChI is InChI=1S/C22H37NO/c1-4-5-6-7-8-9-10-18-11-13-19(14-12-18)20-15-16-22(23,17-20)21(2,3)24/h11-14,20,24H,4-10,15-17,23H2,1-3H3/t20-,22+/m1/s1. The largest absolute Gasteiger partial charge is 0.389 e. The predicted molar refractivity (Wildman–Crippen MR) is 103 cm³/mol. The Bertz CT molecular complexity index is 488. The maximum Gasteiger partial charge on any atom is 0.0770 e. The minimum absolute atomic E-state index is 0.450. The average Bonchev–Trinajstić information content (AvgIpc) is 2.95. The maximum absolute atomic E-state index is 10.3. The number of aryl methyl sites for hydroxylation is 1. The Kier molecular flexibility index (Phi) is 6.88. The van der Waals surface area contributed by atoms with Crippen LogP contribution in [0.4, 0.5) is 0 Å². The number of hydrogen-bond acceptors (Lipinski definition) is 2. The number of benzene rings is 1. The highest BCUT2D eigenvalue weighted by Gasteiger charge is 2.46. The van der Waals surface area contributed by atoms with Gasteiger partial charge in [0.05, 0.1) is 5.60 Å². The van der Waals surface area contributed by atoms with Crippen molar-refractivity contribution in [1.29, 1.82) is 0 Å². The van der Waals surface area contributed by atoms with E-state index in [0.29, 0.717) is 5.92 Å². The SMILES string of the molecule is CCCCCCCCc1ccc([C@@H]2CC[C@@](N)(C(C)(C)O)C2)cc1. The van der Waals surface area contributed by atoms with Crippen LogP contribution in [0.2, 0.25) is 0 Å². The molecule has 2 heteroatoms. The Hall–Kier alpha value is -0.860. The van der Waals surface area contributed by atoms with E-state index in [1.165, 1.54) is 56.1 Å². The predicted octanol–water partition coefficient (Wildman–Crippen LogP) is 5.33. The molecule has 0 heterocycles. The van der Waals surface area contributed by atoms with Crippen LogP contribution in [-0.2, 0) is 6.42 Å². The van der Waals surface area contributed by atoms with Crippen LogP contribution in [0.15, 0.2) is 24.3 Å². The lowest BCUT2D eigenvalue weighted by molar-refractivity contribution is -0.000326. The molecule has 2 atom stereocenters. The number of hydrogen-bond donors (Lipinski definition) is 2. The Balaban J connectivity index is 1.80. The first-order chi connectivity index (χ1) is 11.4. The third kappa shape index (κ3) is 5.07. The molecule has 1 fully saturated rings. The fourth-order valence-electron chi connectivity index (χ4n) is 3.98. The van der Waals surface area contributed by atoms with E-state index >= 15 is 0 Å². The van der Waals surface area contributed by atoms with Gasteiger partial charge in [-0.1, -0.05) is 63.3 Å². The summed E-state index contributed by atoms with van der Waals surface area (Å²) < 4.78 is 0. The number of nitrogens with two attached hydrogens (primary N) is 1. The molecular formula is C22H37NO. The van der Waals surface area contributed by atoms with Crippen molar-refractivity contribution in [3.8, 4) is 0 Å². The molecule has 1 aliphatic rings. The van der Waals surface area contributed by atoms with E-state index in [9.17, 15) is 5.11 Å². The molecule has 24 heavy (non-hydrogen) atoms. The highest BCUT2D eigenvalue weighted by Crippen LogP contribution is 2.44. The minimum Gasteiger partial charge on any atom is -0.389 e. The summed E-state index contributed by atoms with van der Waals surface area (Å²) in [5.41, 5.74) is 8.04. The lowest BCUT2D eigenvalue weighted by Gasteiger charge is -2.37. The van der Waals surface area contributed by atoms with Crippen LogP contribution < -0.4 is 5.73 Å². The summed E-state index contributed by atoms with van der Waals surface area (Å²) in [6.45, 7) is 5.96. The van der Waals surface area contributed by atoms with Gasteiger partial charge in [-0.3, -0.25) is 0 Å². The molecule has 1 aromatic rings. The summed E-state index contributed by atoms with van der Waals surface area (Å²) in [6.07, 6.45) is 12.2. The zero-order chi connectivity index (χ0) is 17.6. The van der Waals surface area contributed by atoms with Gasteiger partial charge in [-0.05, 0) is 63.0 Å². The highest BCUT2D eigenvalue weighted by molar-refractivity contribution is 5.28. The fraction of sp³-hybridized carbons (Fsp3) is 0.727. The van der Waals surface area contributed by atoms with Crippen LogP contribution in [0.3, 0.4) is 0 Å².